The number of piperidine rings is 1. The fourth-order valence-corrected chi connectivity index (χ4v) is 1.79. The van der Waals surface area contributed by atoms with Gasteiger partial charge in [0.1, 0.15) is 0 Å². The predicted octanol–water partition coefficient (Wildman–Crippen LogP) is 1.10. The summed E-state index contributed by atoms with van der Waals surface area (Å²) in [4.78, 5) is 25.0. The molecule has 2 N–H and O–H groups in total. The number of urea groups is 1. The van der Waals surface area contributed by atoms with Gasteiger partial charge in [-0.05, 0) is 32.6 Å². The largest absolute Gasteiger partial charge is 0.341 e. The van der Waals surface area contributed by atoms with Crippen LogP contribution in [-0.2, 0) is 4.79 Å². The summed E-state index contributed by atoms with van der Waals surface area (Å²) in [6, 6.07) is -0.121. The average molecular weight is 241 g/mol. The summed E-state index contributed by atoms with van der Waals surface area (Å²) in [6.45, 7) is 5.69. The Morgan fingerprint density at radius 3 is 2.47 bits per heavy atom. The zero-order chi connectivity index (χ0) is 12.7. The van der Waals surface area contributed by atoms with Crippen LogP contribution in [0.1, 0.15) is 39.5 Å². The third kappa shape index (κ3) is 5.06. The number of rotatable bonds is 4. The molecule has 0 radical (unpaired) electrons. The zero-order valence-corrected chi connectivity index (χ0v) is 10.8. The molecule has 1 fully saturated rings. The first-order chi connectivity index (χ1) is 8.13. The third-order valence-corrected chi connectivity index (χ3v) is 3.10. The Morgan fingerprint density at radius 2 is 1.88 bits per heavy atom. The highest BCUT2D eigenvalue weighted by molar-refractivity contribution is 5.84. The first-order valence-corrected chi connectivity index (χ1v) is 6.45. The van der Waals surface area contributed by atoms with Crippen LogP contribution in [0.2, 0.25) is 0 Å². The van der Waals surface area contributed by atoms with E-state index in [0.717, 1.165) is 32.4 Å². The second kappa shape index (κ2) is 7.14. The standard InChI is InChI=1S/C12H23N3O2/c1-3-10(2)14-12(17)13-9-11(16)15-7-5-4-6-8-15/h10H,3-9H2,1-2H3,(H2,13,14,17). The van der Waals surface area contributed by atoms with E-state index in [9.17, 15) is 9.59 Å². The summed E-state index contributed by atoms with van der Waals surface area (Å²) in [5, 5.41) is 5.37. The van der Waals surface area contributed by atoms with Crippen molar-refractivity contribution in [3.63, 3.8) is 0 Å². The highest BCUT2D eigenvalue weighted by atomic mass is 16.2. The van der Waals surface area contributed by atoms with Crippen LogP contribution in [0, 0.1) is 0 Å². The van der Waals surface area contributed by atoms with Gasteiger partial charge in [-0.15, -0.1) is 0 Å². The van der Waals surface area contributed by atoms with Crippen LogP contribution in [0.5, 0.6) is 0 Å². The van der Waals surface area contributed by atoms with Crippen LogP contribution in [0.4, 0.5) is 4.79 Å². The summed E-state index contributed by atoms with van der Waals surface area (Å²) < 4.78 is 0. The topological polar surface area (TPSA) is 61.4 Å². The third-order valence-electron chi connectivity index (χ3n) is 3.10. The van der Waals surface area contributed by atoms with E-state index in [0.29, 0.717) is 0 Å². The average Bonchev–Trinajstić information content (AvgIpc) is 2.36. The van der Waals surface area contributed by atoms with Crippen molar-refractivity contribution < 1.29 is 9.59 Å². The molecule has 1 saturated heterocycles. The van der Waals surface area contributed by atoms with E-state index in [1.807, 2.05) is 18.7 Å². The van der Waals surface area contributed by atoms with Crippen LogP contribution in [0.15, 0.2) is 0 Å². The van der Waals surface area contributed by atoms with Gasteiger partial charge >= 0.3 is 6.03 Å². The monoisotopic (exact) mass is 241 g/mol. The van der Waals surface area contributed by atoms with Gasteiger partial charge in [0.25, 0.3) is 0 Å². The molecular formula is C12H23N3O2. The normalized spacial score (nSPS) is 17.4. The fourth-order valence-electron chi connectivity index (χ4n) is 1.79. The van der Waals surface area contributed by atoms with E-state index in [2.05, 4.69) is 10.6 Å². The second-order valence-corrected chi connectivity index (χ2v) is 4.58. The highest BCUT2D eigenvalue weighted by Gasteiger charge is 2.16. The van der Waals surface area contributed by atoms with Crippen molar-refractivity contribution in [1.29, 1.82) is 0 Å². The number of amides is 3. The number of carbonyl (C=O) groups is 2. The van der Waals surface area contributed by atoms with Gasteiger partial charge in [-0.3, -0.25) is 4.79 Å². The summed E-state index contributed by atoms with van der Waals surface area (Å²) in [6.07, 6.45) is 4.23. The van der Waals surface area contributed by atoms with Gasteiger partial charge in [0.15, 0.2) is 0 Å². The first-order valence-electron chi connectivity index (χ1n) is 6.45. The summed E-state index contributed by atoms with van der Waals surface area (Å²) in [7, 11) is 0. The van der Waals surface area contributed by atoms with Gasteiger partial charge in [0, 0.05) is 19.1 Å². The molecule has 3 amide bonds. The molecule has 0 aliphatic carbocycles. The minimum Gasteiger partial charge on any atom is -0.341 e. The molecule has 1 aliphatic heterocycles. The molecule has 1 rings (SSSR count). The Hall–Kier alpha value is -1.26. The van der Waals surface area contributed by atoms with Crippen LogP contribution >= 0.6 is 0 Å². The van der Waals surface area contributed by atoms with Gasteiger partial charge in [-0.1, -0.05) is 6.92 Å². The number of nitrogens with zero attached hydrogens (tertiary/aromatic N) is 1. The van der Waals surface area contributed by atoms with Crippen LogP contribution in [-0.4, -0.2) is 42.5 Å². The quantitative estimate of drug-likeness (QED) is 0.774. The van der Waals surface area contributed by atoms with Crippen LogP contribution in [0.25, 0.3) is 0 Å². The van der Waals surface area contributed by atoms with Crippen molar-refractivity contribution in [2.75, 3.05) is 19.6 Å². The molecule has 17 heavy (non-hydrogen) atoms. The second-order valence-electron chi connectivity index (χ2n) is 4.58. The van der Waals surface area contributed by atoms with E-state index in [1.165, 1.54) is 6.42 Å². The molecule has 0 spiro atoms. The molecule has 0 bridgehead atoms. The molecule has 5 heteroatoms. The molecule has 0 saturated carbocycles. The van der Waals surface area contributed by atoms with E-state index in [1.54, 1.807) is 0 Å². The van der Waals surface area contributed by atoms with Crippen molar-refractivity contribution >= 4 is 11.9 Å². The maximum absolute atomic E-state index is 11.7. The SMILES string of the molecule is CCC(C)NC(=O)NCC(=O)N1CCCCC1. The molecule has 1 atom stereocenters. The molecule has 1 unspecified atom stereocenters. The van der Waals surface area contributed by atoms with Crippen molar-refractivity contribution in [3.8, 4) is 0 Å². The van der Waals surface area contributed by atoms with Crippen molar-refractivity contribution in [2.24, 2.45) is 0 Å². The maximum Gasteiger partial charge on any atom is 0.315 e. The molecule has 0 aromatic heterocycles. The van der Waals surface area contributed by atoms with Crippen LogP contribution in [0.3, 0.4) is 0 Å². The van der Waals surface area contributed by atoms with Crippen molar-refractivity contribution in [3.05, 3.63) is 0 Å². The smallest absolute Gasteiger partial charge is 0.315 e. The molecule has 0 aromatic carbocycles. The Balaban J connectivity index is 2.20. The number of nitrogens with one attached hydrogen (secondary N) is 2. The molecule has 0 aromatic rings. The lowest BCUT2D eigenvalue weighted by molar-refractivity contribution is -0.130. The summed E-state index contributed by atoms with van der Waals surface area (Å²) >= 11 is 0. The van der Waals surface area contributed by atoms with Gasteiger partial charge in [-0.25, -0.2) is 4.79 Å². The molecule has 1 heterocycles. The zero-order valence-electron chi connectivity index (χ0n) is 10.8. The number of carbonyl (C=O) groups excluding carboxylic acids is 2. The molecule has 1 aliphatic rings. The van der Waals surface area contributed by atoms with Crippen LogP contribution < -0.4 is 10.6 Å². The van der Waals surface area contributed by atoms with Gasteiger partial charge < -0.3 is 15.5 Å². The predicted molar refractivity (Wildman–Crippen MR) is 66.7 cm³/mol. The number of likely N-dealkylation sites (tertiary alicyclic amines) is 1. The van der Waals surface area contributed by atoms with Gasteiger partial charge in [-0.2, -0.15) is 0 Å². The first kappa shape index (κ1) is 13.8. The van der Waals surface area contributed by atoms with E-state index in [4.69, 9.17) is 0 Å². The lowest BCUT2D eigenvalue weighted by Crippen LogP contribution is -2.46. The van der Waals surface area contributed by atoms with Gasteiger partial charge in [0.2, 0.25) is 5.91 Å². The summed E-state index contributed by atoms with van der Waals surface area (Å²) in [5.74, 6) is 0.0176. The van der Waals surface area contributed by atoms with Crippen molar-refractivity contribution in [2.45, 2.75) is 45.6 Å². The fraction of sp³-hybridized carbons (Fsp3) is 0.833. The Bertz CT molecular complexity index is 262. The lowest BCUT2D eigenvalue weighted by Gasteiger charge is -2.26. The lowest BCUT2D eigenvalue weighted by atomic mass is 10.1. The van der Waals surface area contributed by atoms with E-state index < -0.39 is 0 Å². The van der Waals surface area contributed by atoms with Crippen molar-refractivity contribution in [1.82, 2.24) is 15.5 Å². The van der Waals surface area contributed by atoms with Gasteiger partial charge in [0.05, 0.1) is 6.54 Å². The molecule has 5 nitrogen and oxygen atoms in total. The number of hydrogen-bond acceptors (Lipinski definition) is 2. The Morgan fingerprint density at radius 1 is 1.24 bits per heavy atom. The molecule has 98 valence electrons. The summed E-state index contributed by atoms with van der Waals surface area (Å²) in [5.41, 5.74) is 0. The highest BCUT2D eigenvalue weighted by Crippen LogP contribution is 2.08. The number of hydrogen-bond donors (Lipinski definition) is 2. The Kier molecular flexibility index (Phi) is 5.80. The maximum atomic E-state index is 11.7. The molecular weight excluding hydrogens is 218 g/mol. The Labute approximate surface area is 103 Å². The minimum atomic E-state index is -0.260. The minimum absolute atomic E-state index is 0.0176. The van der Waals surface area contributed by atoms with E-state index >= 15 is 0 Å². The van der Waals surface area contributed by atoms with E-state index in [-0.39, 0.29) is 24.5 Å².